The molecule has 0 atom stereocenters. The Bertz CT molecular complexity index is 2740. The van der Waals surface area contributed by atoms with Crippen LogP contribution >= 0.6 is 11.8 Å². The van der Waals surface area contributed by atoms with Gasteiger partial charge in [0, 0.05) is 43.7 Å². The first-order valence-corrected chi connectivity index (χ1v) is 19.2. The van der Waals surface area contributed by atoms with E-state index in [-0.39, 0.29) is 0 Å². The standard InChI is InChI=1S/C49H32N6S/c1-4-16-33(17-5-1)46-50-40(32-45(51-46)55-41-26-10-12-28-43(41)56-44-29-13-11-27-42(44)55)38-24-14-22-36(30-38)37-23-15-25-39(31-37)49-53-47(34-18-6-2-7-19-34)52-48(54-49)35-20-8-3-9-21-35/h1-32H. The van der Waals surface area contributed by atoms with Crippen molar-refractivity contribution in [2.75, 3.05) is 4.90 Å². The minimum Gasteiger partial charge on any atom is -0.293 e. The van der Waals surface area contributed by atoms with E-state index in [0.717, 1.165) is 61.8 Å². The minimum absolute atomic E-state index is 0.615. The smallest absolute Gasteiger partial charge is 0.164 e. The van der Waals surface area contributed by atoms with Gasteiger partial charge in [-0.3, -0.25) is 4.90 Å². The molecule has 0 spiro atoms. The van der Waals surface area contributed by atoms with E-state index in [9.17, 15) is 0 Å². The van der Waals surface area contributed by atoms with E-state index in [2.05, 4.69) is 120 Å². The third-order valence-corrected chi connectivity index (χ3v) is 10.8. The van der Waals surface area contributed by atoms with Crippen LogP contribution in [0.4, 0.5) is 17.2 Å². The molecule has 10 rings (SSSR count). The average molecular weight is 737 g/mol. The maximum atomic E-state index is 5.22. The molecule has 0 amide bonds. The first-order valence-electron chi connectivity index (χ1n) is 18.4. The fraction of sp³-hybridized carbons (Fsp3) is 0. The highest BCUT2D eigenvalue weighted by Crippen LogP contribution is 2.51. The van der Waals surface area contributed by atoms with Gasteiger partial charge in [-0.05, 0) is 47.5 Å². The second-order valence-electron chi connectivity index (χ2n) is 13.4. The van der Waals surface area contributed by atoms with Crippen molar-refractivity contribution in [1.29, 1.82) is 0 Å². The van der Waals surface area contributed by atoms with Crippen molar-refractivity contribution in [1.82, 2.24) is 24.9 Å². The molecule has 7 aromatic carbocycles. The van der Waals surface area contributed by atoms with E-state index in [1.807, 2.05) is 78.9 Å². The summed E-state index contributed by atoms with van der Waals surface area (Å²) in [6.07, 6.45) is 0. The zero-order valence-corrected chi connectivity index (χ0v) is 30.9. The van der Waals surface area contributed by atoms with Crippen molar-refractivity contribution in [3.8, 4) is 67.9 Å². The lowest BCUT2D eigenvalue weighted by atomic mass is 9.99. The van der Waals surface area contributed by atoms with Crippen molar-refractivity contribution >= 4 is 29.0 Å². The monoisotopic (exact) mass is 736 g/mol. The van der Waals surface area contributed by atoms with Crippen LogP contribution < -0.4 is 4.90 Å². The number of hydrogen-bond donors (Lipinski definition) is 0. The molecule has 1 aliphatic rings. The highest BCUT2D eigenvalue weighted by Gasteiger charge is 2.26. The molecule has 6 nitrogen and oxygen atoms in total. The van der Waals surface area contributed by atoms with Crippen LogP contribution in [-0.4, -0.2) is 24.9 Å². The maximum Gasteiger partial charge on any atom is 0.164 e. The summed E-state index contributed by atoms with van der Waals surface area (Å²) in [5.74, 6) is 3.35. The summed E-state index contributed by atoms with van der Waals surface area (Å²) in [5.41, 5.74) is 9.83. The van der Waals surface area contributed by atoms with E-state index in [4.69, 9.17) is 24.9 Å². The number of anilines is 3. The van der Waals surface area contributed by atoms with Crippen LogP contribution in [0.15, 0.2) is 204 Å². The number of benzene rings is 7. The third kappa shape index (κ3) is 6.50. The van der Waals surface area contributed by atoms with Gasteiger partial charge >= 0.3 is 0 Å². The number of fused-ring (bicyclic) bond motifs is 2. The van der Waals surface area contributed by atoms with Gasteiger partial charge in [0.25, 0.3) is 0 Å². The molecule has 2 aromatic heterocycles. The normalized spacial score (nSPS) is 11.8. The Kier molecular flexibility index (Phi) is 8.67. The molecule has 0 N–H and O–H groups in total. The van der Waals surface area contributed by atoms with Crippen LogP contribution in [0.1, 0.15) is 0 Å². The van der Waals surface area contributed by atoms with Crippen molar-refractivity contribution < 1.29 is 0 Å². The molecule has 264 valence electrons. The average Bonchev–Trinajstić information content (AvgIpc) is 3.29. The molecular weight excluding hydrogens is 705 g/mol. The molecule has 56 heavy (non-hydrogen) atoms. The van der Waals surface area contributed by atoms with Gasteiger partial charge in [0.05, 0.1) is 17.1 Å². The van der Waals surface area contributed by atoms with Crippen LogP contribution in [-0.2, 0) is 0 Å². The van der Waals surface area contributed by atoms with Crippen molar-refractivity contribution in [3.05, 3.63) is 194 Å². The van der Waals surface area contributed by atoms with Gasteiger partial charge in [-0.25, -0.2) is 24.9 Å². The quantitative estimate of drug-likeness (QED) is 0.161. The Morgan fingerprint density at radius 1 is 0.304 bits per heavy atom. The molecule has 9 aromatic rings. The lowest BCUT2D eigenvalue weighted by molar-refractivity contribution is 1.07. The minimum atomic E-state index is 0.615. The molecule has 3 heterocycles. The van der Waals surface area contributed by atoms with Crippen LogP contribution in [0.25, 0.3) is 67.9 Å². The molecule has 0 unspecified atom stereocenters. The lowest BCUT2D eigenvalue weighted by Crippen LogP contribution is -2.16. The summed E-state index contributed by atoms with van der Waals surface area (Å²) in [7, 11) is 0. The van der Waals surface area contributed by atoms with Crippen molar-refractivity contribution in [2.24, 2.45) is 0 Å². The highest BCUT2D eigenvalue weighted by atomic mass is 32.2. The second-order valence-corrected chi connectivity index (χ2v) is 14.5. The second kappa shape index (κ2) is 14.5. The zero-order chi connectivity index (χ0) is 37.3. The maximum absolute atomic E-state index is 5.22. The van der Waals surface area contributed by atoms with Gasteiger partial charge < -0.3 is 0 Å². The van der Waals surface area contributed by atoms with Gasteiger partial charge in [-0.2, -0.15) is 0 Å². The SMILES string of the molecule is c1ccc(-c2nc(-c3cccc(-c4cccc(-c5nc(-c6ccccc6)nc(-c6ccccc6)n5)c4)c3)cc(N3c4ccccc4Sc4ccccc43)n2)cc1. The van der Waals surface area contributed by atoms with Crippen molar-refractivity contribution in [2.45, 2.75) is 9.79 Å². The summed E-state index contributed by atoms with van der Waals surface area (Å²) < 4.78 is 0. The summed E-state index contributed by atoms with van der Waals surface area (Å²) in [6, 6.07) is 66.3. The van der Waals surface area contributed by atoms with Crippen LogP contribution in [0, 0.1) is 0 Å². The van der Waals surface area contributed by atoms with E-state index in [1.54, 1.807) is 11.8 Å². The molecule has 0 saturated heterocycles. The first-order chi connectivity index (χ1) is 27.7. The number of hydrogen-bond acceptors (Lipinski definition) is 7. The van der Waals surface area contributed by atoms with Crippen molar-refractivity contribution in [3.63, 3.8) is 0 Å². The van der Waals surface area contributed by atoms with Gasteiger partial charge in [0.2, 0.25) is 0 Å². The molecule has 0 fully saturated rings. The Labute approximate surface area is 329 Å². The Morgan fingerprint density at radius 3 is 1.23 bits per heavy atom. The molecule has 0 radical (unpaired) electrons. The summed E-state index contributed by atoms with van der Waals surface area (Å²) in [6.45, 7) is 0. The zero-order valence-electron chi connectivity index (χ0n) is 30.1. The molecular formula is C49H32N6S. The molecule has 1 aliphatic heterocycles. The summed E-state index contributed by atoms with van der Waals surface area (Å²) in [5, 5.41) is 0. The number of aromatic nitrogens is 5. The summed E-state index contributed by atoms with van der Waals surface area (Å²) >= 11 is 1.78. The topological polar surface area (TPSA) is 67.7 Å². The first kappa shape index (κ1) is 33.4. The van der Waals surface area contributed by atoms with E-state index < -0.39 is 0 Å². The van der Waals surface area contributed by atoms with Crippen LogP contribution in [0.2, 0.25) is 0 Å². The summed E-state index contributed by atoms with van der Waals surface area (Å²) in [4.78, 5) is 29.9. The Balaban J connectivity index is 1.08. The van der Waals surface area contributed by atoms with Gasteiger partial charge in [0.15, 0.2) is 23.3 Å². The third-order valence-electron chi connectivity index (χ3n) is 9.72. The van der Waals surface area contributed by atoms with Gasteiger partial charge in [0.1, 0.15) is 5.82 Å². The number of nitrogens with zero attached hydrogens (tertiary/aromatic N) is 6. The molecule has 0 aliphatic carbocycles. The molecule has 7 heteroatoms. The molecule has 0 saturated carbocycles. The number of para-hydroxylation sites is 2. The highest BCUT2D eigenvalue weighted by molar-refractivity contribution is 7.99. The molecule has 0 bridgehead atoms. The number of rotatable bonds is 7. The van der Waals surface area contributed by atoms with E-state index >= 15 is 0 Å². The van der Waals surface area contributed by atoms with Crippen LogP contribution in [0.3, 0.4) is 0 Å². The van der Waals surface area contributed by atoms with E-state index in [0.29, 0.717) is 23.3 Å². The van der Waals surface area contributed by atoms with Gasteiger partial charge in [-0.1, -0.05) is 163 Å². The van der Waals surface area contributed by atoms with Crippen LogP contribution in [0.5, 0.6) is 0 Å². The Hall–Kier alpha value is -7.22. The predicted octanol–water partition coefficient (Wildman–Crippen LogP) is 12.6. The van der Waals surface area contributed by atoms with E-state index in [1.165, 1.54) is 9.79 Å². The fourth-order valence-electron chi connectivity index (χ4n) is 7.00. The predicted molar refractivity (Wildman–Crippen MR) is 227 cm³/mol. The lowest BCUT2D eigenvalue weighted by Gasteiger charge is -2.32. The Morgan fingerprint density at radius 2 is 0.696 bits per heavy atom. The fourth-order valence-corrected chi connectivity index (χ4v) is 8.06. The largest absolute Gasteiger partial charge is 0.293 e. The van der Waals surface area contributed by atoms with Gasteiger partial charge in [-0.15, -0.1) is 0 Å².